The standard InChI is InChI=1S/C20H18N2O2S2/c1-2-15-10-6-7-11-16(15)21-18(23)13-25-20-22-19(24)17(26-20)12-14-8-4-3-5-9-14/h3-12H,2,13H2,1H3,(H,21,23)/b17-12+. The molecule has 0 radical (unpaired) electrons. The highest BCUT2D eigenvalue weighted by atomic mass is 32.2. The first-order chi connectivity index (χ1) is 12.7. The summed E-state index contributed by atoms with van der Waals surface area (Å²) in [6.07, 6.45) is 2.68. The molecule has 132 valence electrons. The van der Waals surface area contributed by atoms with Crippen LogP contribution in [0.5, 0.6) is 0 Å². The smallest absolute Gasteiger partial charge is 0.285 e. The third-order valence-corrected chi connectivity index (χ3v) is 5.82. The van der Waals surface area contributed by atoms with E-state index in [1.54, 1.807) is 0 Å². The quantitative estimate of drug-likeness (QED) is 0.769. The molecule has 26 heavy (non-hydrogen) atoms. The minimum absolute atomic E-state index is 0.105. The number of benzene rings is 2. The minimum atomic E-state index is -0.252. The van der Waals surface area contributed by atoms with Crippen LogP contribution in [0.2, 0.25) is 0 Å². The van der Waals surface area contributed by atoms with Crippen LogP contribution in [-0.2, 0) is 16.0 Å². The number of rotatable bonds is 5. The molecule has 3 rings (SSSR count). The maximum absolute atomic E-state index is 12.2. The normalized spacial score (nSPS) is 15.2. The second-order valence-electron chi connectivity index (χ2n) is 5.55. The summed E-state index contributed by atoms with van der Waals surface area (Å²) >= 11 is 2.60. The van der Waals surface area contributed by atoms with Crippen molar-refractivity contribution in [1.82, 2.24) is 0 Å². The molecule has 6 heteroatoms. The fourth-order valence-corrected chi connectivity index (χ4v) is 4.22. The molecule has 0 fully saturated rings. The van der Waals surface area contributed by atoms with Gasteiger partial charge in [-0.3, -0.25) is 9.59 Å². The lowest BCUT2D eigenvalue weighted by Gasteiger charge is -2.09. The van der Waals surface area contributed by atoms with E-state index in [-0.39, 0.29) is 17.6 Å². The number of carbonyl (C=O) groups excluding carboxylic acids is 2. The number of amides is 2. The molecule has 2 amide bonds. The molecule has 0 unspecified atom stereocenters. The van der Waals surface area contributed by atoms with Gasteiger partial charge in [-0.25, -0.2) is 0 Å². The van der Waals surface area contributed by atoms with Gasteiger partial charge in [-0.1, -0.05) is 79.0 Å². The Morgan fingerprint density at radius 1 is 1.15 bits per heavy atom. The molecule has 0 spiro atoms. The molecule has 1 aliphatic rings. The van der Waals surface area contributed by atoms with E-state index in [0.29, 0.717) is 9.28 Å². The first-order valence-corrected chi connectivity index (χ1v) is 10.0. The summed E-state index contributed by atoms with van der Waals surface area (Å²) in [4.78, 5) is 28.8. The van der Waals surface area contributed by atoms with Gasteiger partial charge in [0.15, 0.2) is 0 Å². The lowest BCUT2D eigenvalue weighted by molar-refractivity contribution is -0.114. The highest BCUT2D eigenvalue weighted by Gasteiger charge is 2.22. The molecule has 0 bridgehead atoms. The summed E-state index contributed by atoms with van der Waals surface area (Å²) in [6.45, 7) is 2.05. The van der Waals surface area contributed by atoms with Crippen LogP contribution in [0.4, 0.5) is 5.69 Å². The molecule has 1 heterocycles. The number of aliphatic imine (C=N–C) groups is 1. The zero-order chi connectivity index (χ0) is 18.4. The molecule has 0 atom stereocenters. The maximum atomic E-state index is 12.2. The summed E-state index contributed by atoms with van der Waals surface area (Å²) in [5.74, 6) is -0.138. The van der Waals surface area contributed by atoms with Crippen LogP contribution in [0, 0.1) is 0 Å². The first kappa shape index (κ1) is 18.5. The number of para-hydroxylation sites is 1. The van der Waals surface area contributed by atoms with E-state index in [2.05, 4.69) is 17.2 Å². The van der Waals surface area contributed by atoms with Crippen LogP contribution in [-0.4, -0.2) is 21.9 Å². The molecule has 0 aromatic heterocycles. The van der Waals surface area contributed by atoms with E-state index >= 15 is 0 Å². The van der Waals surface area contributed by atoms with Crippen molar-refractivity contribution in [3.63, 3.8) is 0 Å². The third-order valence-electron chi connectivity index (χ3n) is 3.70. The Balaban J connectivity index is 1.55. The highest BCUT2D eigenvalue weighted by Crippen LogP contribution is 2.33. The first-order valence-electron chi connectivity index (χ1n) is 8.24. The van der Waals surface area contributed by atoms with Gasteiger partial charge in [-0.2, -0.15) is 4.99 Å². The molecule has 0 saturated carbocycles. The van der Waals surface area contributed by atoms with Crippen molar-refractivity contribution >= 4 is 51.5 Å². The Morgan fingerprint density at radius 2 is 1.88 bits per heavy atom. The Kier molecular flexibility index (Phi) is 6.30. The average molecular weight is 383 g/mol. The van der Waals surface area contributed by atoms with E-state index in [9.17, 15) is 9.59 Å². The van der Waals surface area contributed by atoms with Crippen molar-refractivity contribution in [2.45, 2.75) is 13.3 Å². The molecule has 1 N–H and O–H groups in total. The second-order valence-corrected chi connectivity index (χ2v) is 7.80. The summed E-state index contributed by atoms with van der Waals surface area (Å²) in [6, 6.07) is 17.4. The number of carbonyl (C=O) groups is 2. The van der Waals surface area contributed by atoms with Crippen LogP contribution in [0.25, 0.3) is 6.08 Å². The molecule has 0 saturated heterocycles. The summed E-state index contributed by atoms with van der Waals surface area (Å²) in [7, 11) is 0. The maximum Gasteiger partial charge on any atom is 0.285 e. The van der Waals surface area contributed by atoms with Crippen molar-refractivity contribution in [3.05, 3.63) is 70.6 Å². The highest BCUT2D eigenvalue weighted by molar-refractivity contribution is 8.41. The van der Waals surface area contributed by atoms with Crippen LogP contribution >= 0.6 is 23.5 Å². The van der Waals surface area contributed by atoms with Gasteiger partial charge in [0.25, 0.3) is 5.91 Å². The fraction of sp³-hybridized carbons (Fsp3) is 0.150. The van der Waals surface area contributed by atoms with Crippen molar-refractivity contribution in [2.24, 2.45) is 4.99 Å². The van der Waals surface area contributed by atoms with E-state index in [1.807, 2.05) is 60.7 Å². The van der Waals surface area contributed by atoms with Crippen molar-refractivity contribution in [2.75, 3.05) is 11.1 Å². The van der Waals surface area contributed by atoms with Gasteiger partial charge in [0.1, 0.15) is 4.38 Å². The van der Waals surface area contributed by atoms with Crippen molar-refractivity contribution in [3.8, 4) is 0 Å². The Morgan fingerprint density at radius 3 is 2.65 bits per heavy atom. The van der Waals surface area contributed by atoms with Crippen molar-refractivity contribution < 1.29 is 9.59 Å². The number of hydrogen-bond donors (Lipinski definition) is 1. The van der Waals surface area contributed by atoms with Gasteiger partial charge in [-0.15, -0.1) is 0 Å². The fourth-order valence-electron chi connectivity index (χ4n) is 2.42. The predicted octanol–water partition coefficient (Wildman–Crippen LogP) is 4.59. The number of nitrogens with one attached hydrogen (secondary N) is 1. The van der Waals surface area contributed by atoms with Crippen LogP contribution in [0.15, 0.2) is 64.5 Å². The Bertz CT molecular complexity index is 876. The average Bonchev–Trinajstić information content (AvgIpc) is 3.01. The largest absolute Gasteiger partial charge is 0.325 e. The van der Waals surface area contributed by atoms with E-state index in [1.165, 1.54) is 23.5 Å². The van der Waals surface area contributed by atoms with Gasteiger partial charge < -0.3 is 5.32 Å². The molecular formula is C20H18N2O2S2. The molecule has 0 aliphatic carbocycles. The van der Waals surface area contributed by atoms with Crippen LogP contribution < -0.4 is 5.32 Å². The van der Waals surface area contributed by atoms with E-state index in [4.69, 9.17) is 0 Å². The van der Waals surface area contributed by atoms with Crippen LogP contribution in [0.3, 0.4) is 0 Å². The lowest BCUT2D eigenvalue weighted by atomic mass is 10.1. The van der Waals surface area contributed by atoms with Gasteiger partial charge in [0.2, 0.25) is 5.91 Å². The summed E-state index contributed by atoms with van der Waals surface area (Å²) in [5.41, 5.74) is 2.89. The minimum Gasteiger partial charge on any atom is -0.325 e. The van der Waals surface area contributed by atoms with Crippen molar-refractivity contribution in [1.29, 1.82) is 0 Å². The monoisotopic (exact) mass is 382 g/mol. The van der Waals surface area contributed by atoms with Crippen LogP contribution in [0.1, 0.15) is 18.1 Å². The lowest BCUT2D eigenvalue weighted by Crippen LogP contribution is -2.15. The summed E-state index contributed by atoms with van der Waals surface area (Å²) in [5, 5.41) is 2.92. The predicted molar refractivity (Wildman–Crippen MR) is 111 cm³/mol. The topological polar surface area (TPSA) is 58.5 Å². The number of aryl methyl sites for hydroxylation is 1. The molecular weight excluding hydrogens is 364 g/mol. The zero-order valence-corrected chi connectivity index (χ0v) is 15.9. The van der Waals surface area contributed by atoms with E-state index in [0.717, 1.165) is 23.2 Å². The van der Waals surface area contributed by atoms with Gasteiger partial charge in [0.05, 0.1) is 10.7 Å². The number of nitrogens with zero attached hydrogens (tertiary/aromatic N) is 1. The molecule has 2 aromatic rings. The number of anilines is 1. The zero-order valence-electron chi connectivity index (χ0n) is 14.3. The molecule has 2 aromatic carbocycles. The SMILES string of the molecule is CCc1ccccc1NC(=O)CSC1=NC(=O)/C(=C\c2ccccc2)S1. The Hall–Kier alpha value is -2.31. The third kappa shape index (κ3) is 4.86. The molecule has 4 nitrogen and oxygen atoms in total. The van der Waals surface area contributed by atoms with E-state index < -0.39 is 0 Å². The van der Waals surface area contributed by atoms with Gasteiger partial charge in [0, 0.05) is 5.69 Å². The molecule has 1 aliphatic heterocycles. The summed E-state index contributed by atoms with van der Waals surface area (Å²) < 4.78 is 0.608. The number of thioether (sulfide) groups is 2. The van der Waals surface area contributed by atoms with Gasteiger partial charge in [-0.05, 0) is 29.7 Å². The van der Waals surface area contributed by atoms with Gasteiger partial charge >= 0.3 is 0 Å². The second kappa shape index (κ2) is 8.87. The number of hydrogen-bond acceptors (Lipinski definition) is 4. The Labute approximate surface area is 161 Å².